The Morgan fingerprint density at radius 1 is 1.36 bits per heavy atom. The van der Waals surface area contributed by atoms with Gasteiger partial charge in [0.25, 0.3) is 0 Å². The molecule has 114 valence electrons. The second-order valence-electron chi connectivity index (χ2n) is 4.91. The minimum absolute atomic E-state index is 0.350. The number of imidazole rings is 1. The lowest BCUT2D eigenvalue weighted by atomic mass is 10.1. The zero-order chi connectivity index (χ0) is 15.7. The molecule has 0 fully saturated rings. The summed E-state index contributed by atoms with van der Waals surface area (Å²) in [4.78, 5) is 11.4. The van der Waals surface area contributed by atoms with Crippen molar-refractivity contribution >= 4 is 23.2 Å². The van der Waals surface area contributed by atoms with Gasteiger partial charge in [-0.15, -0.1) is 0 Å². The molecule has 0 saturated carbocycles. The van der Waals surface area contributed by atoms with Crippen LogP contribution in [0.25, 0.3) is 5.69 Å². The first-order valence-electron chi connectivity index (χ1n) is 6.66. The molecule has 0 unspecified atom stereocenters. The van der Waals surface area contributed by atoms with Crippen molar-refractivity contribution < 1.29 is 0 Å². The van der Waals surface area contributed by atoms with Crippen LogP contribution in [0, 0.1) is 6.92 Å². The van der Waals surface area contributed by atoms with Crippen LogP contribution in [-0.4, -0.2) is 24.7 Å². The van der Waals surface area contributed by atoms with Crippen LogP contribution in [-0.2, 0) is 6.42 Å². The van der Waals surface area contributed by atoms with E-state index in [1.165, 1.54) is 0 Å². The second-order valence-corrected chi connectivity index (χ2v) is 5.76. The van der Waals surface area contributed by atoms with Crippen LogP contribution in [0.2, 0.25) is 10.0 Å². The van der Waals surface area contributed by atoms with E-state index >= 15 is 0 Å². The number of benzene rings is 1. The number of aryl methyl sites for hydroxylation is 1. The number of halogens is 2. The largest absolute Gasteiger partial charge is 0.348 e. The summed E-state index contributed by atoms with van der Waals surface area (Å²) < 4.78 is 1.64. The van der Waals surface area contributed by atoms with Gasteiger partial charge in [-0.3, -0.25) is 0 Å². The van der Waals surface area contributed by atoms with Crippen molar-refractivity contribution in [3.05, 3.63) is 58.1 Å². The molecule has 2 aromatic heterocycles. The lowest BCUT2D eigenvalue weighted by Crippen LogP contribution is -2.19. The predicted octanol–water partition coefficient (Wildman–Crippen LogP) is 2.85. The molecule has 0 bridgehead atoms. The van der Waals surface area contributed by atoms with Gasteiger partial charge in [0, 0.05) is 23.3 Å². The third-order valence-electron chi connectivity index (χ3n) is 3.20. The third-order valence-corrected chi connectivity index (χ3v) is 3.76. The molecule has 3 N–H and O–H groups in total. The molecule has 1 atom stereocenters. The molecular weight excluding hydrogens is 323 g/mol. The molecule has 6 nitrogen and oxygen atoms in total. The summed E-state index contributed by atoms with van der Waals surface area (Å²) in [5.41, 5.74) is 7.86. The molecule has 22 heavy (non-hydrogen) atoms. The molecule has 0 radical (unpaired) electrons. The summed E-state index contributed by atoms with van der Waals surface area (Å²) >= 11 is 12.3. The molecule has 2 heterocycles. The van der Waals surface area contributed by atoms with Gasteiger partial charge in [0.1, 0.15) is 11.6 Å². The van der Waals surface area contributed by atoms with E-state index in [4.69, 9.17) is 28.9 Å². The van der Waals surface area contributed by atoms with Gasteiger partial charge < -0.3 is 10.7 Å². The van der Waals surface area contributed by atoms with Crippen LogP contribution in [0.3, 0.4) is 0 Å². The summed E-state index contributed by atoms with van der Waals surface area (Å²) in [6.45, 7) is 1.81. The van der Waals surface area contributed by atoms with Crippen molar-refractivity contribution in [2.75, 3.05) is 0 Å². The van der Waals surface area contributed by atoms with Gasteiger partial charge in [0.15, 0.2) is 0 Å². The average Bonchev–Trinajstić information content (AvgIpc) is 3.11. The molecule has 0 amide bonds. The highest BCUT2D eigenvalue weighted by atomic mass is 35.5. The van der Waals surface area contributed by atoms with Crippen molar-refractivity contribution in [2.45, 2.75) is 19.4 Å². The highest BCUT2D eigenvalue weighted by molar-refractivity contribution is 6.34. The van der Waals surface area contributed by atoms with Crippen molar-refractivity contribution in [1.82, 2.24) is 24.7 Å². The van der Waals surface area contributed by atoms with E-state index in [-0.39, 0.29) is 6.04 Å². The number of hydrogen-bond donors (Lipinski definition) is 2. The molecule has 3 rings (SSSR count). The van der Waals surface area contributed by atoms with E-state index in [9.17, 15) is 0 Å². The molecule has 0 saturated heterocycles. The predicted molar refractivity (Wildman–Crippen MR) is 85.3 cm³/mol. The Bertz CT molecular complexity index is 781. The van der Waals surface area contributed by atoms with Crippen molar-refractivity contribution in [3.63, 3.8) is 0 Å². The normalized spacial score (nSPS) is 12.5. The summed E-state index contributed by atoms with van der Waals surface area (Å²) in [6.07, 6.45) is 3.92. The zero-order valence-corrected chi connectivity index (χ0v) is 13.3. The number of rotatable bonds is 4. The Morgan fingerprint density at radius 3 is 2.91 bits per heavy atom. The summed E-state index contributed by atoms with van der Waals surface area (Å²) in [5, 5.41) is 5.49. The molecule has 3 aromatic rings. The molecule has 0 spiro atoms. The van der Waals surface area contributed by atoms with Crippen LogP contribution < -0.4 is 5.73 Å². The fourth-order valence-corrected chi connectivity index (χ4v) is 2.59. The number of H-pyrrole nitrogens is 1. The summed E-state index contributed by atoms with van der Waals surface area (Å²) in [7, 11) is 0. The summed E-state index contributed by atoms with van der Waals surface area (Å²) in [5.74, 6) is 1.24. The fourth-order valence-electron chi connectivity index (χ4n) is 2.22. The highest BCUT2D eigenvalue weighted by Gasteiger charge is 2.19. The second kappa shape index (κ2) is 6.08. The maximum Gasteiger partial charge on any atom is 0.149 e. The van der Waals surface area contributed by atoms with Gasteiger partial charge in [-0.2, -0.15) is 5.10 Å². The van der Waals surface area contributed by atoms with Crippen LogP contribution in [0.15, 0.2) is 30.7 Å². The van der Waals surface area contributed by atoms with Gasteiger partial charge in [-0.1, -0.05) is 23.2 Å². The minimum atomic E-state index is -0.350. The number of aromatic amines is 1. The topological polar surface area (TPSA) is 85.4 Å². The van der Waals surface area contributed by atoms with E-state index in [1.807, 2.05) is 0 Å². The van der Waals surface area contributed by atoms with Crippen molar-refractivity contribution in [3.8, 4) is 5.69 Å². The standard InChI is InChI=1S/C14H14Cl2N6/c1-8-20-14(12(17)5-10-6-18-7-19-10)22(21-8)13-4-9(15)2-3-11(13)16/h2-4,6-7,12H,5,17H2,1H3,(H,18,19)/t12-/m0/s1. The molecule has 0 aliphatic carbocycles. The Labute approximate surface area is 137 Å². The first kappa shape index (κ1) is 15.0. The Hall–Kier alpha value is -1.89. The SMILES string of the molecule is Cc1nc([C@@H](N)Cc2cnc[nH]2)n(-c2cc(Cl)ccc2Cl)n1. The lowest BCUT2D eigenvalue weighted by Gasteiger charge is -2.13. The van der Waals surface area contributed by atoms with E-state index in [0.29, 0.717) is 33.8 Å². The van der Waals surface area contributed by atoms with Gasteiger partial charge >= 0.3 is 0 Å². The lowest BCUT2D eigenvalue weighted by molar-refractivity contribution is 0.629. The molecule has 8 heteroatoms. The molecule has 0 aliphatic rings. The van der Waals surface area contributed by atoms with Crippen LogP contribution in [0.5, 0.6) is 0 Å². The van der Waals surface area contributed by atoms with E-state index in [1.54, 1.807) is 42.3 Å². The first-order valence-corrected chi connectivity index (χ1v) is 7.42. The Morgan fingerprint density at radius 2 is 2.18 bits per heavy atom. The monoisotopic (exact) mass is 336 g/mol. The van der Waals surface area contributed by atoms with Gasteiger partial charge in [-0.05, 0) is 25.1 Å². The maximum atomic E-state index is 6.28. The molecule has 0 aliphatic heterocycles. The van der Waals surface area contributed by atoms with Crippen LogP contribution >= 0.6 is 23.2 Å². The number of nitrogens with two attached hydrogens (primary N) is 1. The third kappa shape index (κ3) is 2.99. The number of nitrogens with one attached hydrogen (secondary N) is 1. The van der Waals surface area contributed by atoms with Gasteiger partial charge in [0.05, 0.1) is 23.1 Å². The van der Waals surface area contributed by atoms with E-state index in [0.717, 1.165) is 5.69 Å². The highest BCUT2D eigenvalue weighted by Crippen LogP contribution is 2.26. The van der Waals surface area contributed by atoms with E-state index in [2.05, 4.69) is 20.1 Å². The smallest absolute Gasteiger partial charge is 0.149 e. The fraction of sp³-hybridized carbons (Fsp3) is 0.214. The van der Waals surface area contributed by atoms with Crippen molar-refractivity contribution in [1.29, 1.82) is 0 Å². The zero-order valence-electron chi connectivity index (χ0n) is 11.8. The van der Waals surface area contributed by atoms with Crippen LogP contribution in [0.4, 0.5) is 0 Å². The Kier molecular flexibility index (Phi) is 4.15. The molecule has 1 aromatic carbocycles. The molecular formula is C14H14Cl2N6. The summed E-state index contributed by atoms with van der Waals surface area (Å²) in [6, 6.07) is 4.84. The maximum absolute atomic E-state index is 6.28. The number of aromatic nitrogens is 5. The van der Waals surface area contributed by atoms with Gasteiger partial charge in [-0.25, -0.2) is 14.6 Å². The number of hydrogen-bond acceptors (Lipinski definition) is 4. The average molecular weight is 337 g/mol. The quantitative estimate of drug-likeness (QED) is 0.767. The van der Waals surface area contributed by atoms with E-state index < -0.39 is 0 Å². The van der Waals surface area contributed by atoms with Crippen molar-refractivity contribution in [2.24, 2.45) is 5.73 Å². The van der Waals surface area contributed by atoms with Gasteiger partial charge in [0.2, 0.25) is 0 Å². The minimum Gasteiger partial charge on any atom is -0.348 e. The van der Waals surface area contributed by atoms with Crippen LogP contribution in [0.1, 0.15) is 23.4 Å². The number of nitrogens with zero attached hydrogens (tertiary/aromatic N) is 4. The Balaban J connectivity index is 2.00. The first-order chi connectivity index (χ1) is 10.5.